The Balaban J connectivity index is 0.00000192. The van der Waals surface area contributed by atoms with Gasteiger partial charge in [-0.2, -0.15) is 0 Å². The van der Waals surface area contributed by atoms with Crippen LogP contribution in [0.4, 0.5) is 4.39 Å². The fourth-order valence-corrected chi connectivity index (χ4v) is 2.30. The summed E-state index contributed by atoms with van der Waals surface area (Å²) in [6.45, 7) is 0. The van der Waals surface area contributed by atoms with Gasteiger partial charge in [0, 0.05) is 5.56 Å². The number of hydrogen-bond acceptors (Lipinski definition) is 3. The van der Waals surface area contributed by atoms with Crippen molar-refractivity contribution in [3.63, 3.8) is 0 Å². The van der Waals surface area contributed by atoms with Crippen molar-refractivity contribution in [1.82, 2.24) is 0 Å². The first-order chi connectivity index (χ1) is 10.6. The molecule has 0 N–H and O–H groups in total. The molecule has 5 heteroatoms. The number of rotatable bonds is 3. The van der Waals surface area contributed by atoms with Gasteiger partial charge in [-0.25, -0.2) is 4.39 Å². The summed E-state index contributed by atoms with van der Waals surface area (Å²) in [6, 6.07) is 11.9. The van der Waals surface area contributed by atoms with Gasteiger partial charge >= 0.3 is 29.6 Å². The third kappa shape index (κ3) is 3.34. The summed E-state index contributed by atoms with van der Waals surface area (Å²) in [5.74, 6) is -2.12. The number of carbonyl (C=O) groups excluding carboxylic acids is 2. The number of hydrogen-bond donors (Lipinski definition) is 0. The van der Waals surface area contributed by atoms with Crippen LogP contribution >= 0.6 is 0 Å². The van der Waals surface area contributed by atoms with E-state index in [1.807, 2.05) is 0 Å². The van der Waals surface area contributed by atoms with Crippen molar-refractivity contribution in [1.29, 1.82) is 0 Å². The van der Waals surface area contributed by atoms with E-state index in [1.165, 1.54) is 42.5 Å². The van der Waals surface area contributed by atoms with Gasteiger partial charge in [0.05, 0.1) is 5.57 Å². The second-order valence-electron chi connectivity index (χ2n) is 4.83. The first-order valence-electron chi connectivity index (χ1n) is 6.61. The van der Waals surface area contributed by atoms with E-state index < -0.39 is 17.3 Å². The quantitative estimate of drug-likeness (QED) is 0.431. The third-order valence-corrected chi connectivity index (χ3v) is 3.41. The summed E-state index contributed by atoms with van der Waals surface area (Å²) in [6.07, 6.45) is 2.60. The average molecular weight is 316 g/mol. The number of allylic oxidation sites excluding steroid dienone is 2. The minimum Gasteiger partial charge on any atom is -0.871 e. The predicted octanol–water partition coefficient (Wildman–Crippen LogP) is -0.620. The summed E-state index contributed by atoms with van der Waals surface area (Å²) in [5, 5.41) is 12.1. The van der Waals surface area contributed by atoms with Crippen LogP contribution in [0.1, 0.15) is 21.5 Å². The largest absolute Gasteiger partial charge is 1.00 e. The topological polar surface area (TPSA) is 57.2 Å². The van der Waals surface area contributed by atoms with Gasteiger partial charge in [0.25, 0.3) is 0 Å². The van der Waals surface area contributed by atoms with Crippen LogP contribution in [0.5, 0.6) is 0 Å². The molecule has 0 amide bonds. The fraction of sp³-hybridized carbons (Fsp3) is 0. The summed E-state index contributed by atoms with van der Waals surface area (Å²) < 4.78 is 12.8. The Bertz CT molecular complexity index is 836. The molecule has 108 valence electrons. The van der Waals surface area contributed by atoms with E-state index in [-0.39, 0.29) is 52.1 Å². The van der Waals surface area contributed by atoms with Crippen molar-refractivity contribution in [3.8, 4) is 0 Å². The summed E-state index contributed by atoms with van der Waals surface area (Å²) in [5.41, 5.74) is 0.766. The summed E-state index contributed by atoms with van der Waals surface area (Å²) in [7, 11) is 0. The zero-order chi connectivity index (χ0) is 15.7. The molecule has 1 aliphatic rings. The first kappa shape index (κ1) is 17.3. The zero-order valence-corrected chi connectivity index (χ0v) is 14.4. The molecule has 2 aromatic carbocycles. The Morgan fingerprint density at radius 2 is 1.61 bits per heavy atom. The number of Topliss-reactive ketones (excluding diaryl/α,β-unsaturated/α-hetero) is 1. The molecule has 0 bridgehead atoms. The second kappa shape index (κ2) is 7.04. The van der Waals surface area contributed by atoms with Crippen molar-refractivity contribution in [3.05, 3.63) is 82.7 Å². The maximum Gasteiger partial charge on any atom is 1.00 e. The average Bonchev–Trinajstić information content (AvgIpc) is 2.79. The Labute approximate surface area is 154 Å². The smallest absolute Gasteiger partial charge is 0.871 e. The van der Waals surface area contributed by atoms with Crippen LogP contribution in [0.25, 0.3) is 11.8 Å². The predicted molar refractivity (Wildman–Crippen MR) is 78.1 cm³/mol. The summed E-state index contributed by atoms with van der Waals surface area (Å²) in [4.78, 5) is 24.3. The fourth-order valence-electron chi connectivity index (χ4n) is 2.30. The van der Waals surface area contributed by atoms with E-state index >= 15 is 0 Å². The molecule has 0 aromatic heterocycles. The SMILES string of the molecule is O=C(C=Cc1ccc(F)cc1)C1=C([O-])c2ccccc2C1=O.[Na+]. The molecule has 0 spiro atoms. The van der Waals surface area contributed by atoms with Crippen LogP contribution in [0, 0.1) is 5.82 Å². The monoisotopic (exact) mass is 316 g/mol. The molecule has 0 atom stereocenters. The van der Waals surface area contributed by atoms with E-state index in [0.717, 1.165) is 6.08 Å². The molecule has 0 aliphatic heterocycles. The molecular weight excluding hydrogens is 306 g/mol. The molecule has 2 aromatic rings. The molecular formula is C18H10FNaO3. The Morgan fingerprint density at radius 1 is 1.00 bits per heavy atom. The van der Waals surface area contributed by atoms with Crippen molar-refractivity contribution in [2.24, 2.45) is 0 Å². The third-order valence-electron chi connectivity index (χ3n) is 3.41. The van der Waals surface area contributed by atoms with Crippen LogP contribution in [-0.4, -0.2) is 11.6 Å². The molecule has 0 saturated heterocycles. The zero-order valence-electron chi connectivity index (χ0n) is 12.4. The second-order valence-corrected chi connectivity index (χ2v) is 4.83. The van der Waals surface area contributed by atoms with E-state index in [4.69, 9.17) is 0 Å². The first-order valence-corrected chi connectivity index (χ1v) is 6.61. The van der Waals surface area contributed by atoms with Gasteiger partial charge < -0.3 is 5.11 Å². The molecule has 0 unspecified atom stereocenters. The van der Waals surface area contributed by atoms with E-state index in [2.05, 4.69) is 0 Å². The molecule has 0 heterocycles. The van der Waals surface area contributed by atoms with E-state index in [1.54, 1.807) is 12.1 Å². The van der Waals surface area contributed by atoms with Crippen molar-refractivity contribution >= 4 is 23.4 Å². The van der Waals surface area contributed by atoms with Gasteiger partial charge in [-0.05, 0) is 29.3 Å². The van der Waals surface area contributed by atoms with Crippen LogP contribution in [0.2, 0.25) is 0 Å². The van der Waals surface area contributed by atoms with E-state index in [9.17, 15) is 19.1 Å². The Morgan fingerprint density at radius 3 is 2.22 bits per heavy atom. The normalized spacial score (nSPS) is 13.2. The number of ketones is 2. The summed E-state index contributed by atoms with van der Waals surface area (Å²) >= 11 is 0. The van der Waals surface area contributed by atoms with Crippen molar-refractivity contribution in [2.75, 3.05) is 0 Å². The van der Waals surface area contributed by atoms with Crippen LogP contribution in [-0.2, 0) is 4.79 Å². The standard InChI is InChI=1S/C18H11FO3.Na/c19-12-8-5-11(6-9-12)7-10-15(20)16-17(21)13-3-1-2-4-14(13)18(16)22;/h1-10,21H;/q;+1/p-1. The molecule has 0 radical (unpaired) electrons. The molecule has 3 nitrogen and oxygen atoms in total. The molecule has 23 heavy (non-hydrogen) atoms. The van der Waals surface area contributed by atoms with Gasteiger partial charge in [-0.1, -0.05) is 48.2 Å². The van der Waals surface area contributed by atoms with Gasteiger partial charge in [0.1, 0.15) is 5.82 Å². The maximum atomic E-state index is 12.8. The van der Waals surface area contributed by atoms with Crippen LogP contribution < -0.4 is 34.7 Å². The number of carbonyl (C=O) groups is 2. The minimum atomic E-state index is -0.643. The van der Waals surface area contributed by atoms with Gasteiger partial charge in [0.2, 0.25) is 0 Å². The van der Waals surface area contributed by atoms with Gasteiger partial charge in [-0.15, -0.1) is 0 Å². The molecule has 0 fully saturated rings. The Hall–Kier alpha value is -2.01. The number of fused-ring (bicyclic) bond motifs is 1. The Kier molecular flexibility index (Phi) is 5.31. The molecule has 0 saturated carbocycles. The van der Waals surface area contributed by atoms with E-state index in [0.29, 0.717) is 5.56 Å². The number of halogens is 1. The van der Waals surface area contributed by atoms with Crippen LogP contribution in [0.3, 0.4) is 0 Å². The molecule has 1 aliphatic carbocycles. The van der Waals surface area contributed by atoms with Crippen molar-refractivity contribution in [2.45, 2.75) is 0 Å². The number of benzene rings is 2. The maximum absolute atomic E-state index is 12.8. The van der Waals surface area contributed by atoms with Gasteiger partial charge in [-0.3, -0.25) is 9.59 Å². The molecule has 3 rings (SSSR count). The minimum absolute atomic E-state index is 0. The van der Waals surface area contributed by atoms with Crippen molar-refractivity contribution < 1.29 is 48.6 Å². The van der Waals surface area contributed by atoms with Crippen LogP contribution in [0.15, 0.2) is 60.2 Å². The van der Waals surface area contributed by atoms with Gasteiger partial charge in [0.15, 0.2) is 11.6 Å².